The van der Waals surface area contributed by atoms with Crippen LogP contribution in [-0.2, 0) is 17.8 Å². The van der Waals surface area contributed by atoms with E-state index in [1.165, 1.54) is 0 Å². The molecule has 2 heterocycles. The third-order valence-electron chi connectivity index (χ3n) is 5.23. The summed E-state index contributed by atoms with van der Waals surface area (Å²) in [6.07, 6.45) is -8.12. The van der Waals surface area contributed by atoms with E-state index in [9.17, 15) is 36.3 Å². The summed E-state index contributed by atoms with van der Waals surface area (Å²) < 4.78 is 72.1. The normalized spacial score (nSPS) is 16.5. The van der Waals surface area contributed by atoms with Crippen LogP contribution in [0.4, 0.5) is 26.7 Å². The van der Waals surface area contributed by atoms with Crippen molar-refractivity contribution in [1.82, 2.24) is 20.0 Å². The first-order chi connectivity index (χ1) is 15.5. The van der Waals surface area contributed by atoms with Crippen molar-refractivity contribution in [2.75, 3.05) is 0 Å². The van der Waals surface area contributed by atoms with Crippen LogP contribution in [0.25, 0.3) is 10.2 Å². The smallest absolute Gasteiger partial charge is 0.422 e. The maximum atomic E-state index is 13.4. The number of hydrogen-bond acceptors (Lipinski definition) is 6. The van der Waals surface area contributed by atoms with Crippen molar-refractivity contribution in [3.63, 3.8) is 0 Å². The first kappa shape index (κ1) is 26.1. The van der Waals surface area contributed by atoms with Gasteiger partial charge in [0, 0.05) is 30.8 Å². The molecular weight excluding hydrogens is 487 g/mol. The van der Waals surface area contributed by atoms with Gasteiger partial charge in [-0.25, -0.2) is 23.8 Å². The first-order valence-electron chi connectivity index (χ1n) is 10.4. The maximum Gasteiger partial charge on any atom is 0.422 e. The number of fused-ring (bicyclic) bond motifs is 1. The summed E-state index contributed by atoms with van der Waals surface area (Å²) in [5, 5.41) is -0.00365. The number of amides is 1. The molecule has 0 aromatic carbocycles. The third-order valence-corrected chi connectivity index (χ3v) is 6.55. The molecule has 14 heteroatoms. The van der Waals surface area contributed by atoms with Gasteiger partial charge >= 0.3 is 18.0 Å². The first-order valence-corrected chi connectivity index (χ1v) is 11.2. The molecule has 0 unspecified atom stereocenters. The zero-order chi connectivity index (χ0) is 25.6. The molecule has 0 bridgehead atoms. The van der Waals surface area contributed by atoms with Crippen molar-refractivity contribution < 1.29 is 31.5 Å². The number of alkyl halides is 5. The van der Waals surface area contributed by atoms with E-state index >= 15 is 0 Å². The fraction of sp³-hybridized carbons (Fsp3) is 0.650. The van der Waals surface area contributed by atoms with Crippen LogP contribution in [0, 0.1) is 6.92 Å². The summed E-state index contributed by atoms with van der Waals surface area (Å²) in [4.78, 5) is 38.3. The third kappa shape index (κ3) is 5.77. The fourth-order valence-electron chi connectivity index (χ4n) is 3.65. The number of thiophene rings is 1. The van der Waals surface area contributed by atoms with Crippen LogP contribution < -0.4 is 22.1 Å². The number of carbonyl (C=O) groups excluding carboxylic acids is 1. The molecular formula is C20H25F5N4O4S. The van der Waals surface area contributed by atoms with E-state index in [1.54, 1.807) is 27.7 Å². The number of aromatic nitrogens is 2. The molecule has 2 N–H and O–H groups in total. The minimum atomic E-state index is -4.57. The summed E-state index contributed by atoms with van der Waals surface area (Å²) in [7, 11) is 0. The van der Waals surface area contributed by atoms with Crippen LogP contribution in [0.15, 0.2) is 9.59 Å². The van der Waals surface area contributed by atoms with Gasteiger partial charge in [-0.3, -0.25) is 19.4 Å². The highest BCUT2D eigenvalue weighted by Gasteiger charge is 2.47. The summed E-state index contributed by atoms with van der Waals surface area (Å²) in [5.74, 6) is -3.03. The van der Waals surface area contributed by atoms with E-state index in [4.69, 9.17) is 4.74 Å². The second kappa shape index (κ2) is 8.95. The van der Waals surface area contributed by atoms with Crippen molar-refractivity contribution in [2.45, 2.75) is 83.8 Å². The highest BCUT2D eigenvalue weighted by molar-refractivity contribution is 7.18. The summed E-state index contributed by atoms with van der Waals surface area (Å²) >= 11 is 0.920. The van der Waals surface area contributed by atoms with Gasteiger partial charge < -0.3 is 4.74 Å². The van der Waals surface area contributed by atoms with Gasteiger partial charge in [0.1, 0.15) is 10.4 Å². The van der Waals surface area contributed by atoms with Crippen LogP contribution in [0.2, 0.25) is 0 Å². The Labute approximate surface area is 194 Å². The molecule has 2 aromatic heterocycles. The largest absolute Gasteiger partial charge is 0.443 e. The Morgan fingerprint density at radius 1 is 1.21 bits per heavy atom. The number of ether oxygens (including phenoxy) is 1. The standard InChI is InChI=1S/C20H25F5N4O4S/c1-10-12(9-26-27-16(31)33-18(2,3)4)34-15-13(10)14(30)29(11-7-19(21,22)8-11)17(32)28(15)6-5-20(23,24)25/h11,26H,5-9H2,1-4H3,(H,27,31). The minimum absolute atomic E-state index is 0.00365. The van der Waals surface area contributed by atoms with Crippen LogP contribution in [0.5, 0.6) is 0 Å². The summed E-state index contributed by atoms with van der Waals surface area (Å²) in [6.45, 7) is 5.79. The molecule has 1 fully saturated rings. The molecule has 8 nitrogen and oxygen atoms in total. The zero-order valence-electron chi connectivity index (χ0n) is 18.9. The number of rotatable bonds is 6. The Bertz CT molecular complexity index is 1200. The number of aryl methyl sites for hydroxylation is 2. The summed E-state index contributed by atoms with van der Waals surface area (Å²) in [5.41, 5.74) is 2.71. The predicted octanol–water partition coefficient (Wildman–Crippen LogP) is 3.99. The molecule has 2 aromatic rings. The Balaban J connectivity index is 1.98. The lowest BCUT2D eigenvalue weighted by Crippen LogP contribution is -2.49. The molecule has 1 aliphatic carbocycles. The zero-order valence-corrected chi connectivity index (χ0v) is 19.8. The Morgan fingerprint density at radius 2 is 1.82 bits per heavy atom. The van der Waals surface area contributed by atoms with E-state index in [1.807, 2.05) is 0 Å². The van der Waals surface area contributed by atoms with E-state index in [0.717, 1.165) is 15.9 Å². The molecule has 3 rings (SSSR count). The SMILES string of the molecule is Cc1c(CNNC(=O)OC(C)(C)C)sc2c1c(=O)n(C1CC(F)(F)C1)c(=O)n2CCC(F)(F)F. The average Bonchev–Trinajstić information content (AvgIpc) is 2.94. The molecule has 34 heavy (non-hydrogen) atoms. The van der Waals surface area contributed by atoms with E-state index in [0.29, 0.717) is 15.0 Å². The van der Waals surface area contributed by atoms with Crippen molar-refractivity contribution in [3.8, 4) is 0 Å². The van der Waals surface area contributed by atoms with Crippen LogP contribution in [-0.4, -0.2) is 32.9 Å². The monoisotopic (exact) mass is 512 g/mol. The van der Waals surface area contributed by atoms with Crippen molar-refractivity contribution >= 4 is 27.6 Å². The van der Waals surface area contributed by atoms with Crippen molar-refractivity contribution in [1.29, 1.82) is 0 Å². The molecule has 190 valence electrons. The highest BCUT2D eigenvalue weighted by Crippen LogP contribution is 2.44. The highest BCUT2D eigenvalue weighted by atomic mass is 32.1. The minimum Gasteiger partial charge on any atom is -0.443 e. The van der Waals surface area contributed by atoms with Gasteiger partial charge in [0.05, 0.1) is 17.8 Å². The van der Waals surface area contributed by atoms with Gasteiger partial charge in [0.15, 0.2) is 0 Å². The van der Waals surface area contributed by atoms with E-state index in [2.05, 4.69) is 10.9 Å². The average molecular weight is 513 g/mol. The molecule has 1 aliphatic rings. The molecule has 0 atom stereocenters. The van der Waals surface area contributed by atoms with Crippen molar-refractivity contribution in [3.05, 3.63) is 31.3 Å². The van der Waals surface area contributed by atoms with Crippen LogP contribution in [0.3, 0.4) is 0 Å². The lowest BCUT2D eigenvalue weighted by Gasteiger charge is -2.35. The lowest BCUT2D eigenvalue weighted by molar-refractivity contribution is -0.136. The fourth-order valence-corrected chi connectivity index (χ4v) is 4.90. The molecule has 0 aliphatic heterocycles. The number of hydrogen-bond donors (Lipinski definition) is 2. The second-order valence-electron chi connectivity index (χ2n) is 9.20. The van der Waals surface area contributed by atoms with E-state index in [-0.39, 0.29) is 16.8 Å². The lowest BCUT2D eigenvalue weighted by atomic mass is 9.88. The van der Waals surface area contributed by atoms with Crippen LogP contribution >= 0.6 is 11.3 Å². The molecule has 0 spiro atoms. The Morgan fingerprint density at radius 3 is 2.35 bits per heavy atom. The predicted molar refractivity (Wildman–Crippen MR) is 115 cm³/mol. The van der Waals surface area contributed by atoms with Gasteiger partial charge in [-0.2, -0.15) is 13.2 Å². The van der Waals surface area contributed by atoms with Gasteiger partial charge in [0.2, 0.25) is 0 Å². The summed E-state index contributed by atoms with van der Waals surface area (Å²) in [6, 6.07) is -1.09. The second-order valence-corrected chi connectivity index (χ2v) is 10.3. The number of nitrogens with one attached hydrogen (secondary N) is 2. The van der Waals surface area contributed by atoms with Crippen LogP contribution in [0.1, 0.15) is 56.5 Å². The number of carbonyl (C=O) groups is 1. The number of halogens is 5. The number of nitrogens with zero attached hydrogens (tertiary/aromatic N) is 2. The van der Waals surface area contributed by atoms with Gasteiger partial charge in [-0.05, 0) is 33.3 Å². The molecule has 1 saturated carbocycles. The van der Waals surface area contributed by atoms with Crippen molar-refractivity contribution in [2.24, 2.45) is 0 Å². The van der Waals surface area contributed by atoms with Gasteiger partial charge in [0.25, 0.3) is 11.5 Å². The molecule has 1 amide bonds. The maximum absolute atomic E-state index is 13.4. The van der Waals surface area contributed by atoms with E-state index < -0.39 is 66.9 Å². The number of hydrazine groups is 1. The molecule has 0 radical (unpaired) electrons. The Hall–Kier alpha value is -2.48. The topological polar surface area (TPSA) is 94.4 Å². The molecule has 0 saturated heterocycles. The Kier molecular flexibility index (Phi) is 6.88. The quantitative estimate of drug-likeness (QED) is 0.451. The van der Waals surface area contributed by atoms with Gasteiger partial charge in [-0.15, -0.1) is 11.3 Å². The van der Waals surface area contributed by atoms with Gasteiger partial charge in [-0.1, -0.05) is 0 Å².